The van der Waals surface area contributed by atoms with E-state index >= 15 is 0 Å². The summed E-state index contributed by atoms with van der Waals surface area (Å²) in [7, 11) is 0. The van der Waals surface area contributed by atoms with E-state index in [0.29, 0.717) is 35.9 Å². The molecule has 1 aliphatic heterocycles. The van der Waals surface area contributed by atoms with Crippen molar-refractivity contribution in [2.45, 2.75) is 114 Å². The molecule has 6 rings (SSSR count). The molecule has 7 N–H and O–H groups in total. The number of rotatable bonds is 18. The number of nitrogens with zero attached hydrogens (tertiary/aromatic N) is 4. The van der Waals surface area contributed by atoms with Crippen LogP contribution in [0, 0.1) is 5.92 Å². The molecule has 0 bridgehead atoms. The maximum atomic E-state index is 14.9. The zero-order chi connectivity index (χ0) is 44.4. The summed E-state index contributed by atoms with van der Waals surface area (Å²) in [5.74, 6) is -3.91. The number of aromatic amines is 1. The number of unbranched alkanes of at least 4 members (excludes halogenated alkanes) is 1. The van der Waals surface area contributed by atoms with Gasteiger partial charge in [-0.3, -0.25) is 28.8 Å². The number of nitrogens with one attached hydrogen (secondary N) is 4. The van der Waals surface area contributed by atoms with E-state index in [2.05, 4.69) is 31.2 Å². The molecule has 2 aromatic carbocycles. The monoisotopic (exact) mass is 853 g/mol. The number of aromatic nitrogens is 4. The second-order valence-electron chi connectivity index (χ2n) is 16.7. The summed E-state index contributed by atoms with van der Waals surface area (Å²) < 4.78 is 6.71. The number of carbonyl (C=O) groups excluding carboxylic acids is 6. The number of carbonyl (C=O) groups is 6. The van der Waals surface area contributed by atoms with Gasteiger partial charge >= 0.3 is 6.09 Å². The highest BCUT2D eigenvalue weighted by atomic mass is 16.5. The molecular formula is C44H55N9O9. The molecule has 0 spiro atoms. The fraction of sp³-hybridized carbons (Fsp3) is 0.477. The van der Waals surface area contributed by atoms with E-state index in [-0.39, 0.29) is 49.6 Å². The van der Waals surface area contributed by atoms with Crippen LogP contribution in [0.2, 0.25) is 0 Å². The summed E-state index contributed by atoms with van der Waals surface area (Å²) in [6.45, 7) is 3.36. The molecule has 1 saturated carbocycles. The molecule has 4 aromatic rings. The third kappa shape index (κ3) is 11.7. The van der Waals surface area contributed by atoms with E-state index < -0.39 is 65.3 Å². The highest BCUT2D eigenvalue weighted by Crippen LogP contribution is 2.34. The van der Waals surface area contributed by atoms with Gasteiger partial charge in [-0.15, -0.1) is 5.10 Å². The first kappa shape index (κ1) is 45.1. The van der Waals surface area contributed by atoms with E-state index in [9.17, 15) is 38.7 Å². The average molecular weight is 854 g/mol. The van der Waals surface area contributed by atoms with Crippen molar-refractivity contribution in [2.75, 3.05) is 13.1 Å². The molecule has 2 fully saturated rings. The molecule has 62 heavy (non-hydrogen) atoms. The number of aliphatic hydroxyl groups is 1. The Balaban J connectivity index is 1.20. The fourth-order valence-corrected chi connectivity index (χ4v) is 8.30. The molecule has 18 heteroatoms. The van der Waals surface area contributed by atoms with Crippen molar-refractivity contribution in [1.82, 2.24) is 40.8 Å². The van der Waals surface area contributed by atoms with Crippen molar-refractivity contribution in [2.24, 2.45) is 11.7 Å². The highest BCUT2D eigenvalue weighted by Gasteiger charge is 2.45. The van der Waals surface area contributed by atoms with E-state index in [4.69, 9.17) is 10.5 Å². The van der Waals surface area contributed by atoms with Crippen LogP contribution < -0.4 is 27.2 Å². The van der Waals surface area contributed by atoms with Gasteiger partial charge < -0.3 is 41.4 Å². The summed E-state index contributed by atoms with van der Waals surface area (Å²) in [6.07, 6.45) is 6.54. The number of primary amides is 1. The largest absolute Gasteiger partial charge is 0.445 e. The van der Waals surface area contributed by atoms with Gasteiger partial charge in [-0.25, -0.2) is 9.48 Å². The van der Waals surface area contributed by atoms with Crippen molar-refractivity contribution in [3.8, 4) is 0 Å². The number of benzene rings is 2. The van der Waals surface area contributed by atoms with Crippen molar-refractivity contribution in [3.05, 3.63) is 94.0 Å². The molecule has 1 saturated heterocycles. The third-order valence-electron chi connectivity index (χ3n) is 11.6. The molecule has 330 valence electrons. The van der Waals surface area contributed by atoms with Gasteiger partial charge in [-0.05, 0) is 80.7 Å². The van der Waals surface area contributed by atoms with E-state index in [1.165, 1.54) is 21.8 Å². The second-order valence-corrected chi connectivity index (χ2v) is 16.7. The Morgan fingerprint density at radius 2 is 1.73 bits per heavy atom. The van der Waals surface area contributed by atoms with Gasteiger partial charge in [0, 0.05) is 36.7 Å². The quantitative estimate of drug-likeness (QED) is 0.0626. The summed E-state index contributed by atoms with van der Waals surface area (Å²) in [4.78, 5) is 96.7. The van der Waals surface area contributed by atoms with Crippen molar-refractivity contribution >= 4 is 46.4 Å². The number of nitrogens with two attached hydrogens (primary N) is 1. The Morgan fingerprint density at radius 3 is 2.45 bits per heavy atom. The zero-order valence-corrected chi connectivity index (χ0v) is 35.0. The van der Waals surface area contributed by atoms with Crippen molar-refractivity contribution in [1.29, 1.82) is 0 Å². The Labute approximate surface area is 358 Å². The number of amides is 5. The number of ketones is 1. The van der Waals surface area contributed by atoms with Gasteiger partial charge in [0.15, 0.2) is 0 Å². The molecule has 4 atom stereocenters. The SMILES string of the molecule is CC(C)(O)c1cnnn1[C@H]1C[C@@H](C(=O)NC(CCCCNC(=O)OCc2ccccc2)C(=O)C(N)=O)N(C(=O)[C@@H](CC2CCCCC2)NC(=O)c2ccc3[nH]c(=O)ccc3c2)C1. The minimum absolute atomic E-state index is 0.00345. The first-order chi connectivity index (χ1) is 29.7. The topological polar surface area (TPSA) is 261 Å². The lowest BCUT2D eigenvalue weighted by molar-refractivity contribution is -0.142. The molecular weight excluding hydrogens is 799 g/mol. The standard InChI is InChI=1S/C44H55N9O9/c1-44(2,61)36-24-47-51-53(36)31-23-35(41(58)49-33(38(55)39(45)56)15-9-10-20-46-43(60)62-26-28-13-7-4-8-14-28)52(25-31)42(59)34(21-27-11-5-3-6-12-27)50-40(57)30-16-18-32-29(22-30)17-19-37(54)48-32/h4,7-8,13-14,16-19,22,24,27,31,33-35,61H,3,5-6,9-12,15,20-21,23,25-26H2,1-2H3,(H2,45,56)(H,46,60)(H,48,54)(H,49,58)(H,50,57)/t31-,33?,34+,35-/m0/s1. The van der Waals surface area contributed by atoms with Crippen LogP contribution in [0.4, 0.5) is 4.79 Å². The third-order valence-corrected chi connectivity index (χ3v) is 11.6. The molecule has 5 amide bonds. The first-order valence-electron chi connectivity index (χ1n) is 21.1. The average Bonchev–Trinajstić information content (AvgIpc) is 3.94. The summed E-state index contributed by atoms with van der Waals surface area (Å²) in [6, 6.07) is 12.7. The number of H-pyrrole nitrogens is 1. The first-order valence-corrected chi connectivity index (χ1v) is 21.1. The minimum atomic E-state index is -1.38. The summed E-state index contributed by atoms with van der Waals surface area (Å²) >= 11 is 0. The Morgan fingerprint density at radius 1 is 0.968 bits per heavy atom. The Bertz CT molecular complexity index is 2300. The number of hydrogen-bond donors (Lipinski definition) is 6. The number of fused-ring (bicyclic) bond motifs is 1. The maximum Gasteiger partial charge on any atom is 0.407 e. The number of pyridine rings is 1. The highest BCUT2D eigenvalue weighted by molar-refractivity contribution is 6.37. The Kier molecular flexibility index (Phi) is 14.9. The van der Waals surface area contributed by atoms with Crippen molar-refractivity contribution in [3.63, 3.8) is 0 Å². The van der Waals surface area contributed by atoms with E-state index in [1.54, 1.807) is 38.1 Å². The van der Waals surface area contributed by atoms with Crippen LogP contribution in [0.25, 0.3) is 10.9 Å². The maximum absolute atomic E-state index is 14.9. The van der Waals surface area contributed by atoms with Gasteiger partial charge in [0.1, 0.15) is 24.3 Å². The number of alkyl carbamates (subject to hydrolysis) is 1. The van der Waals surface area contributed by atoms with E-state index in [0.717, 1.165) is 37.7 Å². The molecule has 0 radical (unpaired) electrons. The second kappa shape index (κ2) is 20.4. The van der Waals surface area contributed by atoms with Gasteiger partial charge in [-0.1, -0.05) is 67.6 Å². The number of ether oxygens (including phenoxy) is 1. The molecule has 18 nitrogen and oxygen atoms in total. The van der Waals surface area contributed by atoms with Gasteiger partial charge in [0.25, 0.3) is 11.8 Å². The van der Waals surface area contributed by atoms with Crippen LogP contribution in [0.5, 0.6) is 0 Å². The zero-order valence-electron chi connectivity index (χ0n) is 35.0. The lowest BCUT2D eigenvalue weighted by Gasteiger charge is -2.32. The van der Waals surface area contributed by atoms with E-state index in [1.807, 2.05) is 30.3 Å². The number of Topliss-reactive ketones (excluding diaryl/α,β-unsaturated/α-hetero) is 1. The molecule has 1 aliphatic carbocycles. The smallest absolute Gasteiger partial charge is 0.407 e. The van der Waals surface area contributed by atoms with Crippen LogP contribution in [-0.4, -0.2) is 96.7 Å². The molecule has 1 unspecified atom stereocenters. The number of likely N-dealkylation sites (tertiary alicyclic amines) is 1. The predicted octanol–water partition coefficient (Wildman–Crippen LogP) is 2.89. The van der Waals surface area contributed by atoms with Crippen LogP contribution in [0.3, 0.4) is 0 Å². The van der Waals surface area contributed by atoms with Crippen LogP contribution >= 0.6 is 0 Å². The molecule has 3 heterocycles. The Hall–Kier alpha value is -6.43. The normalized spacial score (nSPS) is 17.8. The number of hydrogen-bond acceptors (Lipinski definition) is 11. The van der Waals surface area contributed by atoms with Crippen LogP contribution in [-0.2, 0) is 36.1 Å². The van der Waals surface area contributed by atoms with Gasteiger partial charge in [-0.2, -0.15) is 0 Å². The van der Waals surface area contributed by atoms with Crippen LogP contribution in [0.15, 0.2) is 71.7 Å². The molecule has 2 aromatic heterocycles. The van der Waals surface area contributed by atoms with Crippen LogP contribution in [0.1, 0.15) is 106 Å². The lowest BCUT2D eigenvalue weighted by atomic mass is 9.84. The lowest BCUT2D eigenvalue weighted by Crippen LogP contribution is -2.56. The summed E-state index contributed by atoms with van der Waals surface area (Å²) in [5.41, 5.74) is 5.74. The van der Waals surface area contributed by atoms with Crippen molar-refractivity contribution < 1.29 is 38.6 Å². The minimum Gasteiger partial charge on any atom is -0.445 e. The van der Waals surface area contributed by atoms with Gasteiger partial charge in [0.05, 0.1) is 24.0 Å². The predicted molar refractivity (Wildman–Crippen MR) is 226 cm³/mol. The summed E-state index contributed by atoms with van der Waals surface area (Å²) in [5, 5.41) is 28.1. The molecule has 2 aliphatic rings. The van der Waals surface area contributed by atoms with Gasteiger partial charge in [0.2, 0.25) is 23.2 Å². The fourth-order valence-electron chi connectivity index (χ4n) is 8.30.